The molecule has 112 valence electrons. The molecule has 0 bridgehead atoms. The predicted octanol–water partition coefficient (Wildman–Crippen LogP) is 4.82. The zero-order valence-corrected chi connectivity index (χ0v) is 12.8. The van der Waals surface area contributed by atoms with E-state index in [-0.39, 0.29) is 6.04 Å². The Labute approximate surface area is 128 Å². The number of rotatable bonds is 5. The van der Waals surface area contributed by atoms with E-state index in [0.717, 1.165) is 23.7 Å². The lowest BCUT2D eigenvalue weighted by Gasteiger charge is -2.19. The lowest BCUT2D eigenvalue weighted by Crippen LogP contribution is -2.23. The largest absolute Gasteiger partial charge is 0.310 e. The molecule has 1 nitrogen and oxygen atoms in total. The van der Waals surface area contributed by atoms with E-state index >= 15 is 0 Å². The molecule has 0 spiro atoms. The number of nitrogens with one attached hydrogen (secondary N) is 1. The molecule has 0 aliphatic heterocycles. The van der Waals surface area contributed by atoms with Gasteiger partial charge >= 0.3 is 0 Å². The molecule has 1 N–H and O–H groups in total. The normalized spacial score (nSPS) is 12.4. The highest BCUT2D eigenvalue weighted by molar-refractivity contribution is 6.31. The first-order valence-electron chi connectivity index (χ1n) is 6.94. The summed E-state index contributed by atoms with van der Waals surface area (Å²) in [7, 11) is 0. The maximum atomic E-state index is 13.8. The van der Waals surface area contributed by atoms with E-state index in [1.54, 1.807) is 0 Å². The Morgan fingerprint density at radius 2 is 1.90 bits per heavy atom. The first-order valence-corrected chi connectivity index (χ1v) is 7.32. The summed E-state index contributed by atoms with van der Waals surface area (Å²) in [6.07, 6.45) is 0.459. The van der Waals surface area contributed by atoms with Crippen LogP contribution >= 0.6 is 11.6 Å². The number of aryl methyl sites for hydroxylation is 1. The number of hydrogen-bond acceptors (Lipinski definition) is 1. The number of benzene rings is 2. The monoisotopic (exact) mass is 309 g/mol. The standard InChI is InChI=1S/C17H18ClF2N/c1-3-21-17(13-5-7-15(18)11(2)8-13)9-12-4-6-14(19)10-16(12)20/h4-8,10,17,21H,3,9H2,1-2H3. The van der Waals surface area contributed by atoms with Gasteiger partial charge in [0, 0.05) is 17.1 Å². The van der Waals surface area contributed by atoms with E-state index in [0.29, 0.717) is 17.0 Å². The molecular weight excluding hydrogens is 292 g/mol. The summed E-state index contributed by atoms with van der Waals surface area (Å²) in [4.78, 5) is 0. The van der Waals surface area contributed by atoms with Crippen LogP contribution in [-0.2, 0) is 6.42 Å². The summed E-state index contributed by atoms with van der Waals surface area (Å²) in [6, 6.07) is 9.45. The summed E-state index contributed by atoms with van der Waals surface area (Å²) in [5.74, 6) is -1.07. The van der Waals surface area contributed by atoms with Gasteiger partial charge in [0.05, 0.1) is 0 Å². The van der Waals surface area contributed by atoms with Crippen molar-refractivity contribution in [2.45, 2.75) is 26.3 Å². The van der Waals surface area contributed by atoms with Crippen molar-refractivity contribution in [2.75, 3.05) is 6.54 Å². The molecule has 0 heterocycles. The van der Waals surface area contributed by atoms with Gasteiger partial charge in [0.15, 0.2) is 0 Å². The van der Waals surface area contributed by atoms with Crippen LogP contribution in [0.3, 0.4) is 0 Å². The van der Waals surface area contributed by atoms with Crippen molar-refractivity contribution >= 4 is 11.6 Å². The SMILES string of the molecule is CCNC(Cc1ccc(F)cc1F)c1ccc(Cl)c(C)c1. The number of hydrogen-bond donors (Lipinski definition) is 1. The molecule has 0 amide bonds. The van der Waals surface area contributed by atoms with E-state index < -0.39 is 11.6 Å². The predicted molar refractivity (Wildman–Crippen MR) is 82.7 cm³/mol. The fraction of sp³-hybridized carbons (Fsp3) is 0.294. The fourth-order valence-electron chi connectivity index (χ4n) is 2.35. The maximum Gasteiger partial charge on any atom is 0.129 e. The van der Waals surface area contributed by atoms with Crippen LogP contribution < -0.4 is 5.32 Å². The second kappa shape index (κ2) is 7.01. The van der Waals surface area contributed by atoms with Crippen molar-refractivity contribution in [1.82, 2.24) is 5.32 Å². The van der Waals surface area contributed by atoms with Gasteiger partial charge in [-0.05, 0) is 48.7 Å². The molecule has 21 heavy (non-hydrogen) atoms. The summed E-state index contributed by atoms with van der Waals surface area (Å²) < 4.78 is 26.8. The molecule has 0 saturated heterocycles. The van der Waals surface area contributed by atoms with Crippen LogP contribution in [0.5, 0.6) is 0 Å². The molecular formula is C17H18ClF2N. The molecule has 0 radical (unpaired) electrons. The van der Waals surface area contributed by atoms with Crippen molar-refractivity contribution in [1.29, 1.82) is 0 Å². The summed E-state index contributed by atoms with van der Waals surface area (Å²) in [6.45, 7) is 4.69. The fourth-order valence-corrected chi connectivity index (χ4v) is 2.46. The molecule has 0 aliphatic carbocycles. The summed E-state index contributed by atoms with van der Waals surface area (Å²) in [5.41, 5.74) is 2.52. The van der Waals surface area contributed by atoms with Gasteiger partial charge in [0.25, 0.3) is 0 Å². The minimum atomic E-state index is -0.557. The smallest absolute Gasteiger partial charge is 0.129 e. The second-order valence-electron chi connectivity index (χ2n) is 5.06. The van der Waals surface area contributed by atoms with Gasteiger partial charge < -0.3 is 5.32 Å². The number of halogens is 3. The van der Waals surface area contributed by atoms with E-state index in [2.05, 4.69) is 5.32 Å². The molecule has 0 aromatic heterocycles. The number of likely N-dealkylation sites (N-methyl/N-ethyl adjacent to an activating group) is 1. The molecule has 0 fully saturated rings. The van der Waals surface area contributed by atoms with Gasteiger partial charge in [-0.3, -0.25) is 0 Å². The van der Waals surface area contributed by atoms with Gasteiger partial charge in [-0.2, -0.15) is 0 Å². The van der Waals surface area contributed by atoms with Crippen LogP contribution in [-0.4, -0.2) is 6.54 Å². The van der Waals surface area contributed by atoms with Crippen molar-refractivity contribution < 1.29 is 8.78 Å². The minimum absolute atomic E-state index is 0.0362. The van der Waals surface area contributed by atoms with E-state index in [4.69, 9.17) is 11.6 Å². The van der Waals surface area contributed by atoms with Crippen LogP contribution in [0.25, 0.3) is 0 Å². The first kappa shape index (κ1) is 15.9. The van der Waals surface area contributed by atoms with Gasteiger partial charge in [-0.15, -0.1) is 0 Å². The lowest BCUT2D eigenvalue weighted by atomic mass is 9.97. The van der Waals surface area contributed by atoms with Crippen LogP contribution in [0.2, 0.25) is 5.02 Å². The topological polar surface area (TPSA) is 12.0 Å². The Kier molecular flexibility index (Phi) is 5.32. The molecule has 4 heteroatoms. The quantitative estimate of drug-likeness (QED) is 0.835. The summed E-state index contributed by atoms with van der Waals surface area (Å²) in [5, 5.41) is 4.04. The minimum Gasteiger partial charge on any atom is -0.310 e. The highest BCUT2D eigenvalue weighted by atomic mass is 35.5. The van der Waals surface area contributed by atoms with Crippen LogP contribution in [0.1, 0.15) is 29.7 Å². The highest BCUT2D eigenvalue weighted by Gasteiger charge is 2.15. The maximum absolute atomic E-state index is 13.8. The van der Waals surface area contributed by atoms with E-state index in [1.165, 1.54) is 12.1 Å². The van der Waals surface area contributed by atoms with Gasteiger partial charge in [0.2, 0.25) is 0 Å². The van der Waals surface area contributed by atoms with Gasteiger partial charge in [-0.25, -0.2) is 8.78 Å². The van der Waals surface area contributed by atoms with Crippen molar-refractivity contribution in [3.8, 4) is 0 Å². The average Bonchev–Trinajstić information content (AvgIpc) is 2.44. The Hall–Kier alpha value is -1.45. The second-order valence-corrected chi connectivity index (χ2v) is 5.47. The van der Waals surface area contributed by atoms with Crippen molar-refractivity contribution in [3.63, 3.8) is 0 Å². The van der Waals surface area contributed by atoms with Gasteiger partial charge in [0.1, 0.15) is 11.6 Å². The Bertz CT molecular complexity index is 628. The molecule has 0 aliphatic rings. The zero-order valence-electron chi connectivity index (χ0n) is 12.1. The van der Waals surface area contributed by atoms with E-state index in [9.17, 15) is 8.78 Å². The molecule has 2 aromatic rings. The molecule has 1 atom stereocenters. The molecule has 1 unspecified atom stereocenters. The lowest BCUT2D eigenvalue weighted by molar-refractivity contribution is 0.521. The van der Waals surface area contributed by atoms with Gasteiger partial charge in [-0.1, -0.05) is 36.7 Å². The molecule has 0 saturated carbocycles. The van der Waals surface area contributed by atoms with Crippen molar-refractivity contribution in [3.05, 3.63) is 69.7 Å². The Morgan fingerprint density at radius 1 is 1.14 bits per heavy atom. The highest BCUT2D eigenvalue weighted by Crippen LogP contribution is 2.24. The Morgan fingerprint density at radius 3 is 2.52 bits per heavy atom. The summed E-state index contributed by atoms with van der Waals surface area (Å²) >= 11 is 6.04. The third-order valence-corrected chi connectivity index (χ3v) is 3.90. The molecule has 2 rings (SSSR count). The van der Waals surface area contributed by atoms with Crippen LogP contribution in [0, 0.1) is 18.6 Å². The third-order valence-electron chi connectivity index (χ3n) is 3.47. The molecule has 2 aromatic carbocycles. The van der Waals surface area contributed by atoms with Crippen LogP contribution in [0.15, 0.2) is 36.4 Å². The third kappa shape index (κ3) is 4.02. The van der Waals surface area contributed by atoms with Crippen LogP contribution in [0.4, 0.5) is 8.78 Å². The zero-order chi connectivity index (χ0) is 15.4. The van der Waals surface area contributed by atoms with Crippen molar-refractivity contribution in [2.24, 2.45) is 0 Å². The Balaban J connectivity index is 2.28. The van der Waals surface area contributed by atoms with E-state index in [1.807, 2.05) is 32.0 Å². The average molecular weight is 310 g/mol. The first-order chi connectivity index (χ1) is 10.0.